The van der Waals surface area contributed by atoms with Gasteiger partial charge < -0.3 is 10.2 Å². The van der Waals surface area contributed by atoms with Gasteiger partial charge in [0.15, 0.2) is 5.96 Å². The van der Waals surface area contributed by atoms with Crippen LogP contribution in [-0.2, 0) is 10.0 Å². The van der Waals surface area contributed by atoms with Gasteiger partial charge in [-0.3, -0.25) is 9.89 Å². The molecule has 1 saturated heterocycles. The average molecular weight is 372 g/mol. The van der Waals surface area contributed by atoms with Crippen LogP contribution >= 0.6 is 0 Å². The van der Waals surface area contributed by atoms with Gasteiger partial charge in [-0.05, 0) is 38.0 Å². The summed E-state index contributed by atoms with van der Waals surface area (Å²) in [6.45, 7) is 7.92. The summed E-state index contributed by atoms with van der Waals surface area (Å²) in [6, 6.07) is 0.819. The highest BCUT2D eigenvalue weighted by atomic mass is 32.2. The van der Waals surface area contributed by atoms with Gasteiger partial charge in [0.2, 0.25) is 10.0 Å². The molecule has 0 radical (unpaired) electrons. The summed E-state index contributed by atoms with van der Waals surface area (Å²) < 4.78 is 24.7. The van der Waals surface area contributed by atoms with E-state index in [1.165, 1.54) is 31.9 Å². The predicted molar refractivity (Wildman–Crippen MR) is 101 cm³/mol. The van der Waals surface area contributed by atoms with E-state index in [4.69, 9.17) is 0 Å². The Hall–Kier alpha value is -0.860. The molecule has 0 aromatic carbocycles. The Kier molecular flexibility index (Phi) is 6.22. The van der Waals surface area contributed by atoms with Gasteiger partial charge in [-0.2, -0.15) is 0 Å². The van der Waals surface area contributed by atoms with Crippen LogP contribution in [0.15, 0.2) is 4.99 Å². The van der Waals surface area contributed by atoms with Gasteiger partial charge >= 0.3 is 0 Å². The van der Waals surface area contributed by atoms with E-state index in [9.17, 15) is 8.42 Å². The Morgan fingerprint density at radius 2 is 1.92 bits per heavy atom. The number of nitrogens with one attached hydrogen (secondary N) is 2. The third kappa shape index (κ3) is 5.08. The van der Waals surface area contributed by atoms with Crippen molar-refractivity contribution in [2.45, 2.75) is 38.6 Å². The van der Waals surface area contributed by atoms with Gasteiger partial charge in [0.05, 0.1) is 12.8 Å². The minimum absolute atomic E-state index is 0.346. The van der Waals surface area contributed by atoms with E-state index in [2.05, 4.69) is 31.8 Å². The van der Waals surface area contributed by atoms with Crippen molar-refractivity contribution in [3.63, 3.8) is 0 Å². The van der Waals surface area contributed by atoms with Crippen LogP contribution in [0.25, 0.3) is 0 Å². The highest BCUT2D eigenvalue weighted by molar-refractivity contribution is 7.88. The summed E-state index contributed by atoms with van der Waals surface area (Å²) in [7, 11) is -3.14. The molecule has 0 aromatic rings. The number of guanidine groups is 1. The molecule has 3 fully saturated rings. The highest BCUT2D eigenvalue weighted by Gasteiger charge is 2.42. The molecule has 3 rings (SSSR count). The van der Waals surface area contributed by atoms with Crippen LogP contribution in [0.3, 0.4) is 0 Å². The standard InChI is InChI=1S/C17H33N5O2S/c1-3-18-17(19-6-7-20-25(2,23)24)22-10-8-21(9-11-22)16-13-14-4-5-15(16)12-14/h14-16,20H,3-13H2,1-2H3,(H,18,19). The first kappa shape index (κ1) is 18.9. The van der Waals surface area contributed by atoms with Crippen LogP contribution in [-0.4, -0.2) is 82.3 Å². The molecule has 0 aromatic heterocycles. The predicted octanol–water partition coefficient (Wildman–Crippen LogP) is 0.307. The summed E-state index contributed by atoms with van der Waals surface area (Å²) in [4.78, 5) is 9.60. The second kappa shape index (κ2) is 8.22. The smallest absolute Gasteiger partial charge is 0.208 e. The molecule has 0 amide bonds. The Bertz CT molecular complexity index is 572. The van der Waals surface area contributed by atoms with Crippen molar-refractivity contribution in [1.29, 1.82) is 0 Å². The Morgan fingerprint density at radius 3 is 2.48 bits per heavy atom. The number of rotatable bonds is 6. The van der Waals surface area contributed by atoms with Gasteiger partial charge in [0.1, 0.15) is 0 Å². The summed E-state index contributed by atoms with van der Waals surface area (Å²) in [5.74, 6) is 2.85. The molecular weight excluding hydrogens is 338 g/mol. The number of nitrogens with zero attached hydrogens (tertiary/aromatic N) is 3. The fourth-order valence-electron chi connectivity index (χ4n) is 4.74. The van der Waals surface area contributed by atoms with E-state index in [0.717, 1.165) is 56.6 Å². The summed E-state index contributed by atoms with van der Waals surface area (Å²) in [5, 5.41) is 3.34. The first-order chi connectivity index (χ1) is 12.0. The summed E-state index contributed by atoms with van der Waals surface area (Å²) >= 11 is 0. The molecule has 1 aliphatic heterocycles. The van der Waals surface area contributed by atoms with Crippen molar-refractivity contribution in [1.82, 2.24) is 19.8 Å². The molecule has 0 spiro atoms. The quantitative estimate of drug-likeness (QED) is 0.399. The number of hydrogen-bond acceptors (Lipinski definition) is 4. The zero-order valence-electron chi connectivity index (χ0n) is 15.6. The van der Waals surface area contributed by atoms with Crippen molar-refractivity contribution >= 4 is 16.0 Å². The molecule has 1 heterocycles. The number of sulfonamides is 1. The van der Waals surface area contributed by atoms with E-state index in [-0.39, 0.29) is 0 Å². The maximum atomic E-state index is 11.1. The van der Waals surface area contributed by atoms with Crippen LogP contribution in [0, 0.1) is 11.8 Å². The molecule has 2 saturated carbocycles. The molecule has 3 atom stereocenters. The van der Waals surface area contributed by atoms with Crippen molar-refractivity contribution in [2.24, 2.45) is 16.8 Å². The van der Waals surface area contributed by atoms with E-state index >= 15 is 0 Å². The third-order valence-corrected chi connectivity index (χ3v) is 6.58. The Balaban J connectivity index is 1.48. The molecule has 3 aliphatic rings. The Labute approximate surface area is 152 Å². The average Bonchev–Trinajstić information content (AvgIpc) is 3.20. The molecule has 2 aliphatic carbocycles. The molecule has 2 N–H and O–H groups in total. The zero-order chi connectivity index (χ0) is 17.9. The van der Waals surface area contributed by atoms with Crippen LogP contribution < -0.4 is 10.0 Å². The zero-order valence-corrected chi connectivity index (χ0v) is 16.4. The number of piperazine rings is 1. The molecule has 3 unspecified atom stereocenters. The molecule has 8 heteroatoms. The van der Waals surface area contributed by atoms with Crippen molar-refractivity contribution < 1.29 is 8.42 Å². The fourth-order valence-corrected chi connectivity index (χ4v) is 5.20. The van der Waals surface area contributed by atoms with Crippen LogP contribution in [0.2, 0.25) is 0 Å². The molecular formula is C17H33N5O2S. The van der Waals surface area contributed by atoms with Crippen LogP contribution in [0.1, 0.15) is 32.6 Å². The highest BCUT2D eigenvalue weighted by Crippen LogP contribution is 2.46. The summed E-state index contributed by atoms with van der Waals surface area (Å²) in [6.07, 6.45) is 6.95. The first-order valence-corrected chi connectivity index (χ1v) is 11.6. The van der Waals surface area contributed by atoms with Gasteiger partial charge in [0.25, 0.3) is 0 Å². The second-order valence-corrected chi connectivity index (χ2v) is 9.50. The van der Waals surface area contributed by atoms with Crippen molar-refractivity contribution in [3.05, 3.63) is 0 Å². The molecule has 2 bridgehead atoms. The van der Waals surface area contributed by atoms with Crippen LogP contribution in [0.4, 0.5) is 0 Å². The fraction of sp³-hybridized carbons (Fsp3) is 0.941. The van der Waals surface area contributed by atoms with Gasteiger partial charge in [0, 0.05) is 45.3 Å². The van der Waals surface area contributed by atoms with E-state index in [1.807, 2.05) is 0 Å². The molecule has 144 valence electrons. The van der Waals surface area contributed by atoms with Crippen molar-refractivity contribution in [2.75, 3.05) is 52.1 Å². The third-order valence-electron chi connectivity index (χ3n) is 5.86. The largest absolute Gasteiger partial charge is 0.357 e. The topological polar surface area (TPSA) is 77.0 Å². The molecule has 25 heavy (non-hydrogen) atoms. The minimum Gasteiger partial charge on any atom is -0.357 e. The van der Waals surface area contributed by atoms with Gasteiger partial charge in [-0.1, -0.05) is 6.42 Å². The first-order valence-electron chi connectivity index (χ1n) is 9.68. The lowest BCUT2D eigenvalue weighted by molar-refractivity contribution is 0.0958. The lowest BCUT2D eigenvalue weighted by Gasteiger charge is -2.42. The lowest BCUT2D eigenvalue weighted by Crippen LogP contribution is -2.55. The van der Waals surface area contributed by atoms with Gasteiger partial charge in [-0.15, -0.1) is 0 Å². The monoisotopic (exact) mass is 371 g/mol. The van der Waals surface area contributed by atoms with E-state index < -0.39 is 10.0 Å². The minimum atomic E-state index is -3.14. The van der Waals surface area contributed by atoms with Gasteiger partial charge in [-0.25, -0.2) is 13.1 Å². The van der Waals surface area contributed by atoms with Crippen LogP contribution in [0.5, 0.6) is 0 Å². The maximum absolute atomic E-state index is 11.1. The van der Waals surface area contributed by atoms with E-state index in [1.54, 1.807) is 0 Å². The SMILES string of the molecule is CCNC(=NCCNS(C)(=O)=O)N1CCN(C2CC3CCC2C3)CC1. The maximum Gasteiger partial charge on any atom is 0.208 e. The number of aliphatic imine (C=N–C) groups is 1. The second-order valence-electron chi connectivity index (χ2n) is 7.67. The molecule has 7 nitrogen and oxygen atoms in total. The Morgan fingerprint density at radius 1 is 1.16 bits per heavy atom. The lowest BCUT2D eigenvalue weighted by atomic mass is 9.93. The normalized spacial score (nSPS) is 30.9. The number of hydrogen-bond donors (Lipinski definition) is 2. The van der Waals surface area contributed by atoms with E-state index in [0.29, 0.717) is 13.1 Å². The number of fused-ring (bicyclic) bond motifs is 2. The van der Waals surface area contributed by atoms with Crippen molar-refractivity contribution in [3.8, 4) is 0 Å². The summed E-state index contributed by atoms with van der Waals surface area (Å²) in [5.41, 5.74) is 0.